The summed E-state index contributed by atoms with van der Waals surface area (Å²) in [5.74, 6) is 0. The second-order valence-corrected chi connectivity index (χ2v) is 17.1. The smallest absolute Gasteiger partial charge is 0.333 e. The van der Waals surface area contributed by atoms with Gasteiger partial charge >= 0.3 is 16.0 Å². The van der Waals surface area contributed by atoms with E-state index in [0.717, 1.165) is 0 Å². The quantitative estimate of drug-likeness (QED) is 0.286. The third-order valence-electron chi connectivity index (χ3n) is 0.390. The molecule has 0 saturated carbocycles. The fourth-order valence-corrected chi connectivity index (χ4v) is 0. The molecule has 0 unspecified atom stereocenters. The van der Waals surface area contributed by atoms with Gasteiger partial charge < -0.3 is 21.2 Å². The molecule has 0 fully saturated rings. The summed E-state index contributed by atoms with van der Waals surface area (Å²) in [4.78, 5) is 0.948. The predicted molar refractivity (Wildman–Crippen MR) is 137 cm³/mol. The van der Waals surface area contributed by atoms with E-state index in [1.165, 1.54) is 7.05 Å². The second-order valence-electron chi connectivity index (χ2n) is 2.92. The summed E-state index contributed by atoms with van der Waals surface area (Å²) in [6.07, 6.45) is 0. The number of nitrogens with zero attached hydrogens (tertiary/aromatic N) is 1. The van der Waals surface area contributed by atoms with Gasteiger partial charge in [0.15, 0.2) is 0 Å². The molecule has 0 aliphatic heterocycles. The Kier molecular flexibility index (Phi) is 92.7. The SMILES string of the molecule is C.C.CN.CN(C)B(Cl)Cl.CNC.CNC.ClB(Cl)Cl.Cl[Si](Cl)(Cl)Cl. The monoisotopic (exact) mass is 562 g/mol. The van der Waals surface area contributed by atoms with Gasteiger partial charge in [-0.05, 0) is 49.3 Å². The second kappa shape index (κ2) is 45.5. The minimum Gasteiger partial charge on any atom is -0.333 e. The number of rotatable bonds is 1. The zero-order valence-electron chi connectivity index (χ0n) is 14.1. The molecule has 0 heterocycles. The van der Waals surface area contributed by atoms with Crippen LogP contribution in [0.5, 0.6) is 0 Å². The first kappa shape index (κ1) is 50.9. The lowest BCUT2D eigenvalue weighted by molar-refractivity contribution is 0.668. The Morgan fingerprint density at radius 2 is 0.760 bits per heavy atom. The first-order chi connectivity index (χ1) is 10.2. The van der Waals surface area contributed by atoms with Gasteiger partial charge in [0.05, 0.1) is 0 Å². The average Bonchev–Trinajstić information content (AvgIpc) is 2.30. The summed E-state index contributed by atoms with van der Waals surface area (Å²) >= 11 is 44.9. The fourth-order valence-electron chi connectivity index (χ4n) is 0. The van der Waals surface area contributed by atoms with Crippen molar-refractivity contribution in [3.8, 4) is 0 Å². The number of hydrogen-bond acceptors (Lipinski definition) is 4. The van der Waals surface area contributed by atoms with E-state index in [2.05, 4.69) is 16.4 Å². The Labute approximate surface area is 201 Å². The van der Waals surface area contributed by atoms with Crippen molar-refractivity contribution in [2.24, 2.45) is 5.73 Å². The van der Waals surface area contributed by atoms with Gasteiger partial charge in [-0.3, -0.25) is 0 Å². The van der Waals surface area contributed by atoms with E-state index in [4.69, 9.17) is 102 Å². The Morgan fingerprint density at radius 1 is 0.720 bits per heavy atom. The molecule has 0 rings (SSSR count). The minimum absolute atomic E-state index is 0. The highest BCUT2D eigenvalue weighted by Gasteiger charge is 2.19. The van der Waals surface area contributed by atoms with E-state index in [-0.39, 0.29) is 20.5 Å². The maximum absolute atomic E-state index is 5.30. The summed E-state index contributed by atoms with van der Waals surface area (Å²) in [5, 5.41) is 2.78. The average molecular weight is 566 g/mol. The Hall–Kier alpha value is 2.80. The third-order valence-corrected chi connectivity index (χ3v) is 1.17. The van der Waals surface area contributed by atoms with Crippen LogP contribution in [0.4, 0.5) is 0 Å². The largest absolute Gasteiger partial charge is 0.450 e. The third kappa shape index (κ3) is 357. The minimum atomic E-state index is -2.72. The van der Waals surface area contributed by atoms with Crippen LogP contribution < -0.4 is 16.4 Å². The molecule has 0 aliphatic rings. The van der Waals surface area contributed by atoms with E-state index in [1.54, 1.807) is 4.81 Å². The molecule has 4 nitrogen and oxygen atoms in total. The van der Waals surface area contributed by atoms with Crippen molar-refractivity contribution in [2.75, 3.05) is 49.3 Å². The van der Waals surface area contributed by atoms with Gasteiger partial charge in [-0.15, -0.1) is 67.2 Å². The maximum Gasteiger partial charge on any atom is 0.450 e. The van der Waals surface area contributed by atoms with Crippen LogP contribution in [-0.4, -0.2) is 70.1 Å². The van der Waals surface area contributed by atoms with Crippen LogP contribution in [0.1, 0.15) is 14.9 Å². The predicted octanol–water partition coefficient (Wildman–Crippen LogP) is 5.59. The highest BCUT2D eigenvalue weighted by Crippen LogP contribution is 2.23. The van der Waals surface area contributed by atoms with Crippen LogP contribution in [-0.2, 0) is 0 Å². The van der Waals surface area contributed by atoms with E-state index in [9.17, 15) is 0 Å². The summed E-state index contributed by atoms with van der Waals surface area (Å²) < 4.78 is 0. The van der Waals surface area contributed by atoms with Crippen molar-refractivity contribution >= 4 is 118 Å². The lowest BCUT2D eigenvalue weighted by Gasteiger charge is -2.03. The molecule has 0 aromatic heterocycles. The molecular weight excluding hydrogens is 533 g/mol. The van der Waals surface area contributed by atoms with Crippen molar-refractivity contribution in [3.05, 3.63) is 0 Å². The maximum atomic E-state index is 5.30. The molecule has 0 aliphatic carbocycles. The lowest BCUT2D eigenvalue weighted by atomic mass is 10.3. The molecule has 0 bridgehead atoms. The molecule has 0 amide bonds. The molecule has 0 atom stereocenters. The summed E-state index contributed by atoms with van der Waals surface area (Å²) in [7, 11) is 12.6. The van der Waals surface area contributed by atoms with Gasteiger partial charge in [0.25, 0.3) is 0 Å². The van der Waals surface area contributed by atoms with Crippen LogP contribution in [0.25, 0.3) is 0 Å². The van der Waals surface area contributed by atoms with Crippen LogP contribution in [0, 0.1) is 0 Å². The van der Waals surface area contributed by atoms with Crippen LogP contribution in [0.2, 0.25) is 0 Å². The molecule has 16 heteroatoms. The zero-order valence-corrected chi connectivity index (χ0v) is 21.9. The highest BCUT2D eigenvalue weighted by atomic mass is 36.0. The standard InChI is InChI=1S/C2H6BCl2N.2C2H7N.CH5N.2CH4.BCl3.Cl4Si/c1-6(2)3(4)5;2*1-3-2;1-2;;;2-1(3)4;1-5(2,3)4/h1-2H3;2*3H,1-2H3;2H2,1H3;2*1H4;;. The zero-order chi connectivity index (χ0) is 20.6. The molecule has 0 saturated heterocycles. The molecule has 4 N–H and O–H groups in total. The van der Waals surface area contributed by atoms with Gasteiger partial charge in [0.1, 0.15) is 0 Å². The van der Waals surface area contributed by atoms with Crippen LogP contribution >= 0.6 is 102 Å². The van der Waals surface area contributed by atoms with Crippen LogP contribution in [0.3, 0.4) is 0 Å². The Morgan fingerprint density at radius 3 is 0.760 bits per heavy atom. The summed E-state index contributed by atoms with van der Waals surface area (Å²) in [5.41, 5.74) is 4.13. The van der Waals surface area contributed by atoms with Gasteiger partial charge in [-0.1, -0.05) is 14.9 Å². The van der Waals surface area contributed by atoms with Crippen molar-refractivity contribution in [1.82, 2.24) is 15.4 Å². The van der Waals surface area contributed by atoms with Crippen molar-refractivity contribution in [3.63, 3.8) is 0 Å². The first-order valence-corrected chi connectivity index (χ1v) is 13.8. The van der Waals surface area contributed by atoms with Crippen LogP contribution in [0.15, 0.2) is 0 Å². The molecule has 162 valence electrons. The lowest BCUT2D eigenvalue weighted by Crippen LogP contribution is -2.20. The van der Waals surface area contributed by atoms with Crippen molar-refractivity contribution in [1.29, 1.82) is 0 Å². The Bertz CT molecular complexity index is 156. The normalized spacial score (nSPS) is 7.44. The van der Waals surface area contributed by atoms with Gasteiger partial charge in [0, 0.05) is 0 Å². The molecule has 0 spiro atoms. The summed E-state index contributed by atoms with van der Waals surface area (Å²) in [6.45, 7) is 0. The van der Waals surface area contributed by atoms with E-state index >= 15 is 0 Å². The number of hydrogen-bond donors (Lipinski definition) is 3. The van der Waals surface area contributed by atoms with E-state index in [0.29, 0.717) is 0 Å². The van der Waals surface area contributed by atoms with Gasteiger partial charge in [-0.2, -0.15) is 34.4 Å². The van der Waals surface area contributed by atoms with E-state index in [1.807, 2.05) is 42.3 Å². The van der Waals surface area contributed by atoms with E-state index < -0.39 is 10.3 Å². The first-order valence-electron chi connectivity index (χ1n) is 5.58. The molecular formula is C9H33B2Cl9N4Si. The molecule has 0 radical (unpaired) electrons. The number of nitrogens with one attached hydrogen (secondary N) is 2. The topological polar surface area (TPSA) is 53.3 Å². The highest BCUT2D eigenvalue weighted by molar-refractivity contribution is 7.81. The Balaban J connectivity index is -0.0000000236. The van der Waals surface area contributed by atoms with Crippen molar-refractivity contribution < 1.29 is 0 Å². The molecule has 25 heavy (non-hydrogen) atoms. The van der Waals surface area contributed by atoms with Gasteiger partial charge in [-0.25, -0.2) is 0 Å². The molecule has 0 aromatic rings. The number of nitrogens with two attached hydrogens (primary N) is 1. The van der Waals surface area contributed by atoms with Gasteiger partial charge in [0.2, 0.25) is 0 Å². The summed E-state index contributed by atoms with van der Waals surface area (Å²) in [6, 6.07) is 0. The fraction of sp³-hybridized carbons (Fsp3) is 1.00. The van der Waals surface area contributed by atoms with Crippen molar-refractivity contribution in [2.45, 2.75) is 14.9 Å². The molecule has 0 aromatic carbocycles. The number of halogens is 9.